The number of hydrogen-bond donors (Lipinski definition) is 1. The van der Waals surface area contributed by atoms with Crippen LogP contribution in [0.25, 0.3) is 0 Å². The summed E-state index contributed by atoms with van der Waals surface area (Å²) in [5.74, 6) is 0.507. The molecule has 1 fully saturated rings. The smallest absolute Gasteiger partial charge is 0.308 e. The SMILES string of the molecule is Cc1ccc(NC(=O)N2CCSC2c2ccccc2Cl)cc1F. The Hall–Kier alpha value is -1.72. The second-order valence-electron chi connectivity index (χ2n) is 5.33. The molecule has 0 aliphatic carbocycles. The Morgan fingerprint density at radius 3 is 2.87 bits per heavy atom. The van der Waals surface area contributed by atoms with Crippen LogP contribution in [0.4, 0.5) is 14.9 Å². The van der Waals surface area contributed by atoms with Crippen LogP contribution < -0.4 is 5.32 Å². The summed E-state index contributed by atoms with van der Waals surface area (Å²) in [6.07, 6.45) is 0. The predicted octanol–water partition coefficient (Wildman–Crippen LogP) is 5.07. The maximum Gasteiger partial charge on any atom is 0.323 e. The lowest BCUT2D eigenvalue weighted by Crippen LogP contribution is -2.34. The predicted molar refractivity (Wildman–Crippen MR) is 93.5 cm³/mol. The van der Waals surface area contributed by atoms with Crippen LogP contribution >= 0.6 is 23.4 Å². The van der Waals surface area contributed by atoms with Crippen LogP contribution in [0.2, 0.25) is 5.02 Å². The number of benzene rings is 2. The van der Waals surface area contributed by atoms with Gasteiger partial charge in [0.05, 0.1) is 0 Å². The van der Waals surface area contributed by atoms with Crippen molar-refractivity contribution in [1.29, 1.82) is 0 Å². The molecular formula is C17H16ClFN2OS. The third-order valence-corrected chi connectivity index (χ3v) is 5.33. The average molecular weight is 351 g/mol. The number of rotatable bonds is 2. The van der Waals surface area contributed by atoms with E-state index in [1.54, 1.807) is 35.7 Å². The number of hydrogen-bond acceptors (Lipinski definition) is 2. The van der Waals surface area contributed by atoms with Crippen LogP contribution in [-0.4, -0.2) is 23.2 Å². The summed E-state index contributed by atoms with van der Waals surface area (Å²) in [7, 11) is 0. The van der Waals surface area contributed by atoms with Crippen molar-refractivity contribution < 1.29 is 9.18 Å². The number of nitrogens with one attached hydrogen (secondary N) is 1. The van der Waals surface area contributed by atoms with E-state index in [1.165, 1.54) is 6.07 Å². The highest BCUT2D eigenvalue weighted by Crippen LogP contribution is 2.40. The molecule has 0 aromatic heterocycles. The normalized spacial score (nSPS) is 17.3. The molecule has 3 rings (SSSR count). The zero-order chi connectivity index (χ0) is 16.4. The molecule has 6 heteroatoms. The van der Waals surface area contributed by atoms with Crippen molar-refractivity contribution >= 4 is 35.1 Å². The molecule has 2 amide bonds. The van der Waals surface area contributed by atoms with Crippen molar-refractivity contribution in [3.63, 3.8) is 0 Å². The van der Waals surface area contributed by atoms with E-state index in [0.717, 1.165) is 11.3 Å². The Morgan fingerprint density at radius 1 is 1.35 bits per heavy atom. The minimum atomic E-state index is -0.332. The van der Waals surface area contributed by atoms with Gasteiger partial charge in [0, 0.05) is 28.6 Å². The second-order valence-corrected chi connectivity index (χ2v) is 6.93. The molecule has 2 aromatic carbocycles. The lowest BCUT2D eigenvalue weighted by molar-refractivity contribution is 0.214. The topological polar surface area (TPSA) is 32.3 Å². The first-order chi connectivity index (χ1) is 11.1. The van der Waals surface area contributed by atoms with Gasteiger partial charge in [0.15, 0.2) is 0 Å². The van der Waals surface area contributed by atoms with Gasteiger partial charge in [-0.25, -0.2) is 9.18 Å². The van der Waals surface area contributed by atoms with Gasteiger partial charge in [-0.05, 0) is 30.7 Å². The largest absolute Gasteiger partial charge is 0.323 e. The highest BCUT2D eigenvalue weighted by Gasteiger charge is 2.31. The van der Waals surface area contributed by atoms with Gasteiger partial charge in [-0.1, -0.05) is 35.9 Å². The summed E-state index contributed by atoms with van der Waals surface area (Å²) in [6, 6.07) is 12.0. The molecule has 120 valence electrons. The van der Waals surface area contributed by atoms with Crippen LogP contribution in [0, 0.1) is 12.7 Å². The summed E-state index contributed by atoms with van der Waals surface area (Å²) in [5.41, 5.74) is 1.92. The molecule has 1 N–H and O–H groups in total. The van der Waals surface area contributed by atoms with Crippen molar-refractivity contribution in [3.05, 3.63) is 64.4 Å². The van der Waals surface area contributed by atoms with Crippen LogP contribution in [0.5, 0.6) is 0 Å². The number of thioether (sulfide) groups is 1. The molecule has 1 aliphatic rings. The standard InChI is InChI=1S/C17H16ClFN2OS/c1-11-6-7-12(10-15(11)19)20-17(22)21-8-9-23-16(21)13-4-2-3-5-14(13)18/h2-7,10,16H,8-9H2,1H3,(H,20,22). The third kappa shape index (κ3) is 3.46. The molecule has 3 nitrogen and oxygen atoms in total. The second kappa shape index (κ2) is 6.81. The summed E-state index contributed by atoms with van der Waals surface area (Å²) < 4.78 is 13.6. The number of urea groups is 1. The Morgan fingerprint density at radius 2 is 2.13 bits per heavy atom. The van der Waals surface area contributed by atoms with E-state index in [0.29, 0.717) is 22.8 Å². The van der Waals surface area contributed by atoms with Crippen LogP contribution in [0.3, 0.4) is 0 Å². The summed E-state index contributed by atoms with van der Waals surface area (Å²) >= 11 is 7.92. The summed E-state index contributed by atoms with van der Waals surface area (Å²) in [6.45, 7) is 2.31. The molecule has 1 saturated heterocycles. The highest BCUT2D eigenvalue weighted by atomic mass is 35.5. The first-order valence-electron chi connectivity index (χ1n) is 7.26. The molecule has 2 aromatic rings. The summed E-state index contributed by atoms with van der Waals surface area (Å²) in [4.78, 5) is 14.3. The fourth-order valence-electron chi connectivity index (χ4n) is 2.48. The monoisotopic (exact) mass is 350 g/mol. The van der Waals surface area contributed by atoms with Crippen molar-refractivity contribution in [2.24, 2.45) is 0 Å². The number of carbonyl (C=O) groups excluding carboxylic acids is 1. The van der Waals surface area contributed by atoms with E-state index in [4.69, 9.17) is 11.6 Å². The van der Waals surface area contributed by atoms with E-state index in [-0.39, 0.29) is 17.2 Å². The van der Waals surface area contributed by atoms with Crippen molar-refractivity contribution in [3.8, 4) is 0 Å². The van der Waals surface area contributed by atoms with Gasteiger partial charge in [0.1, 0.15) is 11.2 Å². The van der Waals surface area contributed by atoms with E-state index < -0.39 is 0 Å². The fourth-order valence-corrected chi connectivity index (χ4v) is 4.07. The Kier molecular flexibility index (Phi) is 4.78. The first-order valence-corrected chi connectivity index (χ1v) is 8.69. The minimum Gasteiger partial charge on any atom is -0.308 e. The number of aryl methyl sites for hydroxylation is 1. The third-order valence-electron chi connectivity index (χ3n) is 3.75. The maximum absolute atomic E-state index is 13.6. The number of carbonyl (C=O) groups is 1. The molecule has 1 aliphatic heterocycles. The van der Waals surface area contributed by atoms with Gasteiger partial charge in [0.25, 0.3) is 0 Å². The van der Waals surface area contributed by atoms with Crippen LogP contribution in [-0.2, 0) is 0 Å². The molecule has 0 saturated carbocycles. The number of amides is 2. The lowest BCUT2D eigenvalue weighted by atomic mass is 10.2. The highest BCUT2D eigenvalue weighted by molar-refractivity contribution is 7.99. The van der Waals surface area contributed by atoms with Gasteiger partial charge in [0.2, 0.25) is 0 Å². The Labute approximate surface area is 143 Å². The van der Waals surface area contributed by atoms with Crippen molar-refractivity contribution in [2.45, 2.75) is 12.3 Å². The van der Waals surface area contributed by atoms with Gasteiger partial charge < -0.3 is 10.2 Å². The average Bonchev–Trinajstić information content (AvgIpc) is 3.01. The first kappa shape index (κ1) is 16.1. The minimum absolute atomic E-state index is 0.126. The number of halogens is 2. The molecule has 1 unspecified atom stereocenters. The van der Waals surface area contributed by atoms with E-state index in [2.05, 4.69) is 5.32 Å². The molecule has 1 heterocycles. The maximum atomic E-state index is 13.6. The van der Waals surface area contributed by atoms with Crippen molar-refractivity contribution in [2.75, 3.05) is 17.6 Å². The molecule has 0 spiro atoms. The van der Waals surface area contributed by atoms with Gasteiger partial charge in [-0.3, -0.25) is 0 Å². The Balaban J connectivity index is 1.78. The molecular weight excluding hydrogens is 335 g/mol. The zero-order valence-corrected chi connectivity index (χ0v) is 14.1. The lowest BCUT2D eigenvalue weighted by Gasteiger charge is -2.25. The van der Waals surface area contributed by atoms with E-state index in [9.17, 15) is 9.18 Å². The zero-order valence-electron chi connectivity index (χ0n) is 12.6. The molecule has 1 atom stereocenters. The van der Waals surface area contributed by atoms with Crippen molar-refractivity contribution in [1.82, 2.24) is 4.90 Å². The van der Waals surface area contributed by atoms with E-state index in [1.807, 2.05) is 24.3 Å². The van der Waals surface area contributed by atoms with E-state index >= 15 is 0 Å². The molecule has 0 bridgehead atoms. The number of nitrogens with zero attached hydrogens (tertiary/aromatic N) is 1. The fraction of sp³-hybridized carbons (Fsp3) is 0.235. The quantitative estimate of drug-likeness (QED) is 0.820. The molecule has 23 heavy (non-hydrogen) atoms. The van der Waals surface area contributed by atoms with Gasteiger partial charge in [-0.2, -0.15) is 0 Å². The number of anilines is 1. The Bertz CT molecular complexity index is 740. The van der Waals surface area contributed by atoms with Crippen LogP contribution in [0.15, 0.2) is 42.5 Å². The molecule has 0 radical (unpaired) electrons. The summed E-state index contributed by atoms with van der Waals surface area (Å²) in [5, 5.41) is 3.28. The van der Waals surface area contributed by atoms with Crippen LogP contribution in [0.1, 0.15) is 16.5 Å². The van der Waals surface area contributed by atoms with Gasteiger partial charge >= 0.3 is 6.03 Å². The van der Waals surface area contributed by atoms with Gasteiger partial charge in [-0.15, -0.1) is 11.8 Å².